The molecule has 2 aliphatic rings. The minimum absolute atomic E-state index is 0.127. The Labute approximate surface area is 174 Å². The van der Waals surface area contributed by atoms with Crippen molar-refractivity contribution in [3.63, 3.8) is 0 Å². The Morgan fingerprint density at radius 2 is 1.83 bits per heavy atom. The number of amides is 5. The van der Waals surface area contributed by atoms with Crippen LogP contribution in [0.5, 0.6) is 5.75 Å². The van der Waals surface area contributed by atoms with Crippen molar-refractivity contribution in [2.75, 3.05) is 53.6 Å². The highest BCUT2D eigenvalue weighted by Gasteiger charge is 2.49. The highest BCUT2D eigenvalue weighted by molar-refractivity contribution is 6.09. The average molecular weight is 418 g/mol. The van der Waals surface area contributed by atoms with Gasteiger partial charge in [-0.15, -0.1) is 0 Å². The van der Waals surface area contributed by atoms with Gasteiger partial charge < -0.3 is 24.6 Å². The van der Waals surface area contributed by atoms with E-state index in [0.717, 1.165) is 4.90 Å². The van der Waals surface area contributed by atoms with E-state index in [4.69, 9.17) is 9.47 Å². The van der Waals surface area contributed by atoms with Crippen LogP contribution < -0.4 is 10.1 Å². The number of hydrogen-bond donors (Lipinski definition) is 1. The molecule has 1 N–H and O–H groups in total. The van der Waals surface area contributed by atoms with Gasteiger partial charge in [0.1, 0.15) is 17.8 Å². The van der Waals surface area contributed by atoms with E-state index in [1.807, 2.05) is 0 Å². The highest BCUT2D eigenvalue weighted by Crippen LogP contribution is 2.30. The first-order valence-electron chi connectivity index (χ1n) is 9.64. The molecule has 0 saturated carbocycles. The molecule has 10 nitrogen and oxygen atoms in total. The summed E-state index contributed by atoms with van der Waals surface area (Å²) >= 11 is 0. The second kappa shape index (κ2) is 8.70. The highest BCUT2D eigenvalue weighted by atomic mass is 16.5. The molecule has 162 valence electrons. The fourth-order valence-corrected chi connectivity index (χ4v) is 3.42. The monoisotopic (exact) mass is 418 g/mol. The number of nitrogens with one attached hydrogen (secondary N) is 1. The molecule has 0 spiro atoms. The number of benzene rings is 1. The summed E-state index contributed by atoms with van der Waals surface area (Å²) in [7, 11) is 3.01. The molecule has 10 heteroatoms. The molecule has 2 fully saturated rings. The predicted molar refractivity (Wildman–Crippen MR) is 106 cm³/mol. The van der Waals surface area contributed by atoms with Crippen LogP contribution >= 0.6 is 0 Å². The van der Waals surface area contributed by atoms with Crippen LogP contribution in [0.2, 0.25) is 0 Å². The fourth-order valence-electron chi connectivity index (χ4n) is 3.42. The average Bonchev–Trinajstić information content (AvgIpc) is 2.98. The summed E-state index contributed by atoms with van der Waals surface area (Å²) in [6, 6.07) is 6.11. The van der Waals surface area contributed by atoms with E-state index in [-0.39, 0.29) is 12.5 Å². The van der Waals surface area contributed by atoms with Gasteiger partial charge >= 0.3 is 6.03 Å². The molecule has 1 atom stereocenters. The molecule has 2 aliphatic heterocycles. The van der Waals surface area contributed by atoms with Crippen molar-refractivity contribution in [1.82, 2.24) is 20.0 Å². The quantitative estimate of drug-likeness (QED) is 0.640. The number of carbonyl (C=O) groups is 4. The molecule has 0 radical (unpaired) electrons. The lowest BCUT2D eigenvalue weighted by molar-refractivity contribution is -0.143. The topological polar surface area (TPSA) is 108 Å². The molecule has 0 aromatic heterocycles. The normalized spacial score (nSPS) is 21.4. The van der Waals surface area contributed by atoms with Crippen LogP contribution in [0.4, 0.5) is 4.79 Å². The van der Waals surface area contributed by atoms with Gasteiger partial charge in [0, 0.05) is 20.1 Å². The van der Waals surface area contributed by atoms with Gasteiger partial charge in [0.2, 0.25) is 11.8 Å². The number of hydrogen-bond acceptors (Lipinski definition) is 6. The predicted octanol–water partition coefficient (Wildman–Crippen LogP) is -0.221. The van der Waals surface area contributed by atoms with Crippen LogP contribution in [0.25, 0.3) is 0 Å². The lowest BCUT2D eigenvalue weighted by atomic mass is 9.92. The molecule has 2 saturated heterocycles. The minimum Gasteiger partial charge on any atom is -0.497 e. The zero-order chi connectivity index (χ0) is 21.9. The SMILES string of the molecule is COc1ccc([C@]2(C)NC(=O)N(CC(=O)N(C)CC(=O)N3CCOCC3)C2=O)cc1. The number of carbonyl (C=O) groups excluding carboxylic acids is 4. The van der Waals surface area contributed by atoms with Crippen LogP contribution in [-0.2, 0) is 24.7 Å². The van der Waals surface area contributed by atoms with Gasteiger partial charge in [-0.1, -0.05) is 12.1 Å². The molecule has 30 heavy (non-hydrogen) atoms. The first-order chi connectivity index (χ1) is 14.3. The molecule has 3 rings (SSSR count). The first kappa shape index (κ1) is 21.6. The molecular formula is C20H26N4O6. The van der Waals surface area contributed by atoms with Gasteiger partial charge in [0.25, 0.3) is 5.91 Å². The van der Waals surface area contributed by atoms with Crippen molar-refractivity contribution in [1.29, 1.82) is 0 Å². The van der Waals surface area contributed by atoms with E-state index >= 15 is 0 Å². The summed E-state index contributed by atoms with van der Waals surface area (Å²) in [6.07, 6.45) is 0. The third kappa shape index (κ3) is 4.23. The Morgan fingerprint density at radius 1 is 1.20 bits per heavy atom. The summed E-state index contributed by atoms with van der Waals surface area (Å²) in [5.74, 6) is -0.606. The fraction of sp³-hybridized carbons (Fsp3) is 0.500. The molecular weight excluding hydrogens is 392 g/mol. The first-order valence-corrected chi connectivity index (χ1v) is 9.64. The van der Waals surface area contributed by atoms with Gasteiger partial charge in [0.15, 0.2) is 0 Å². The van der Waals surface area contributed by atoms with Crippen molar-refractivity contribution in [3.05, 3.63) is 29.8 Å². The molecule has 2 heterocycles. The number of likely N-dealkylation sites (N-methyl/N-ethyl adjacent to an activating group) is 1. The zero-order valence-corrected chi connectivity index (χ0v) is 17.3. The molecule has 0 unspecified atom stereocenters. The molecule has 0 aliphatic carbocycles. The summed E-state index contributed by atoms with van der Waals surface area (Å²) < 4.78 is 10.3. The smallest absolute Gasteiger partial charge is 0.325 e. The van der Waals surface area contributed by atoms with Crippen molar-refractivity contribution in [2.24, 2.45) is 0 Å². The summed E-state index contributed by atoms with van der Waals surface area (Å²) in [4.78, 5) is 54.0. The maximum Gasteiger partial charge on any atom is 0.325 e. The Bertz CT molecular complexity index is 836. The summed E-state index contributed by atoms with van der Waals surface area (Å²) in [5, 5.41) is 2.66. The van der Waals surface area contributed by atoms with Crippen molar-refractivity contribution < 1.29 is 28.7 Å². The van der Waals surface area contributed by atoms with Crippen LogP contribution in [0.3, 0.4) is 0 Å². The second-order valence-corrected chi connectivity index (χ2v) is 7.42. The van der Waals surface area contributed by atoms with Crippen LogP contribution in [0.15, 0.2) is 24.3 Å². The standard InChI is InChI=1S/C20H26N4O6/c1-20(14-4-6-15(29-3)7-5-14)18(27)24(19(28)21-20)13-16(25)22(2)12-17(26)23-8-10-30-11-9-23/h4-7H,8-13H2,1-3H3,(H,21,28)/t20-/m0/s1. The zero-order valence-electron chi connectivity index (χ0n) is 17.3. The van der Waals surface area contributed by atoms with Gasteiger partial charge in [-0.05, 0) is 24.6 Å². The number of methoxy groups -OCH3 is 1. The van der Waals surface area contributed by atoms with Crippen LogP contribution in [-0.4, -0.2) is 92.0 Å². The van der Waals surface area contributed by atoms with Gasteiger partial charge in [-0.3, -0.25) is 19.3 Å². The molecule has 1 aromatic carbocycles. The minimum atomic E-state index is -1.29. The summed E-state index contributed by atoms with van der Waals surface area (Å²) in [5.41, 5.74) is -0.710. The number of imide groups is 1. The maximum absolute atomic E-state index is 13.0. The number of nitrogens with zero attached hydrogens (tertiary/aromatic N) is 3. The van der Waals surface area contributed by atoms with Crippen LogP contribution in [0, 0.1) is 0 Å². The van der Waals surface area contributed by atoms with E-state index in [0.29, 0.717) is 37.6 Å². The Balaban J connectivity index is 1.64. The van der Waals surface area contributed by atoms with Crippen molar-refractivity contribution >= 4 is 23.8 Å². The largest absolute Gasteiger partial charge is 0.497 e. The third-order valence-corrected chi connectivity index (χ3v) is 5.40. The van der Waals surface area contributed by atoms with Gasteiger partial charge in [-0.2, -0.15) is 0 Å². The number of rotatable bonds is 6. The Morgan fingerprint density at radius 3 is 2.43 bits per heavy atom. The van der Waals surface area contributed by atoms with Crippen LogP contribution in [0.1, 0.15) is 12.5 Å². The van der Waals surface area contributed by atoms with E-state index in [2.05, 4.69) is 5.32 Å². The van der Waals surface area contributed by atoms with E-state index in [1.165, 1.54) is 19.1 Å². The molecule has 0 bridgehead atoms. The van der Waals surface area contributed by atoms with E-state index in [1.54, 1.807) is 36.1 Å². The number of urea groups is 1. The molecule has 5 amide bonds. The van der Waals surface area contributed by atoms with Crippen molar-refractivity contribution in [3.8, 4) is 5.75 Å². The maximum atomic E-state index is 13.0. The number of ether oxygens (including phenoxy) is 2. The second-order valence-electron chi connectivity index (χ2n) is 7.42. The van der Waals surface area contributed by atoms with Gasteiger partial charge in [0.05, 0.1) is 26.9 Å². The Kier molecular flexibility index (Phi) is 6.25. The van der Waals surface area contributed by atoms with Gasteiger partial charge in [-0.25, -0.2) is 4.79 Å². The lowest BCUT2D eigenvalue weighted by Gasteiger charge is -2.29. The van der Waals surface area contributed by atoms with E-state index in [9.17, 15) is 19.2 Å². The third-order valence-electron chi connectivity index (χ3n) is 5.40. The van der Waals surface area contributed by atoms with Crippen molar-refractivity contribution in [2.45, 2.75) is 12.5 Å². The number of morpholine rings is 1. The lowest BCUT2D eigenvalue weighted by Crippen LogP contribution is -2.48. The summed E-state index contributed by atoms with van der Waals surface area (Å²) in [6.45, 7) is 2.92. The Hall–Kier alpha value is -3.14. The molecule has 1 aromatic rings. The van der Waals surface area contributed by atoms with E-state index < -0.39 is 29.9 Å².